The van der Waals surface area contributed by atoms with Crippen LogP contribution in [0.2, 0.25) is 0 Å². The van der Waals surface area contributed by atoms with E-state index in [9.17, 15) is 28.7 Å². The van der Waals surface area contributed by atoms with E-state index in [2.05, 4.69) is 4.31 Å². The van der Waals surface area contributed by atoms with Crippen molar-refractivity contribution in [1.82, 2.24) is 0 Å². The molecule has 0 N–H and O–H groups in total. The molecule has 0 rings (SSSR count). The number of hydrogen-bond acceptors (Lipinski definition) is 7. The molecule has 0 heterocycles. The van der Waals surface area contributed by atoms with Crippen molar-refractivity contribution in [3.05, 3.63) is 0 Å². The van der Waals surface area contributed by atoms with Gasteiger partial charge in [0.25, 0.3) is 0 Å². The Labute approximate surface area is 189 Å². The topological polar surface area (TPSA) is 136 Å². The Hall–Kier alpha value is 5.03. The first-order valence-corrected chi connectivity index (χ1v) is 4.38. The molecule has 14 heavy (non-hydrogen) atoms. The molecule has 0 aliphatic heterocycles. The van der Waals surface area contributed by atoms with Crippen LogP contribution in [0.15, 0.2) is 0 Å². The second kappa shape index (κ2) is 16.1. The Bertz CT molecular complexity index is 173. The third-order valence-corrected chi connectivity index (χ3v) is 1.80. The molecule has 0 atom stereocenters. The molecule has 0 saturated carbocycles. The molecule has 0 aromatic carbocycles. The van der Waals surface area contributed by atoms with Crippen LogP contribution in [0.5, 0.6) is 0 Å². The Kier molecular flexibility index (Phi) is 41.9. The number of phosphoric acid groups is 2. The van der Waals surface area contributed by atoms with E-state index in [0.717, 1.165) is 0 Å². The largest absolute Gasteiger partial charge is 2.00 e. The van der Waals surface area contributed by atoms with Gasteiger partial charge in [0.1, 0.15) is 0 Å². The summed E-state index contributed by atoms with van der Waals surface area (Å²) in [7, 11) is -11.4. The van der Waals surface area contributed by atoms with Crippen molar-refractivity contribution >= 4 is 38.7 Å². The summed E-state index contributed by atoms with van der Waals surface area (Å²) in [4.78, 5) is 37.3. The Morgan fingerprint density at radius 2 is 0.929 bits per heavy atom. The zero-order valence-corrected chi connectivity index (χ0v) is 19.7. The van der Waals surface area contributed by atoms with E-state index in [4.69, 9.17) is 0 Å². The van der Waals surface area contributed by atoms with Crippen molar-refractivity contribution in [3.63, 3.8) is 0 Å². The van der Waals surface area contributed by atoms with Crippen molar-refractivity contribution in [2.24, 2.45) is 0 Å². The molecule has 60 valence electrons. The molecule has 0 bridgehead atoms. The third-order valence-electron chi connectivity index (χ3n) is 0.200. The summed E-state index contributed by atoms with van der Waals surface area (Å²) in [6, 6.07) is 0. The van der Waals surface area contributed by atoms with E-state index in [1.54, 1.807) is 0 Å². The van der Waals surface area contributed by atoms with Crippen LogP contribution in [0.25, 0.3) is 0 Å². The second-order valence-electron chi connectivity index (χ2n) is 0.976. The summed E-state index contributed by atoms with van der Waals surface area (Å²) >= 11 is 0. The van der Waals surface area contributed by atoms with Gasteiger partial charge in [0.05, 0.1) is 15.6 Å². The Balaban J connectivity index is -0.0000000152. The van der Waals surface area contributed by atoms with Gasteiger partial charge in [0.2, 0.25) is 0 Å². The van der Waals surface area contributed by atoms with Crippen molar-refractivity contribution in [1.29, 1.82) is 0 Å². The number of rotatable bonds is 2. The fraction of sp³-hybridized carbons (Fsp3) is 0. The summed E-state index contributed by atoms with van der Waals surface area (Å²) in [5, 5.41) is 0. The smallest absolute Gasteiger partial charge is 1.00 e. The maximum Gasteiger partial charge on any atom is 2.00 e. The first kappa shape index (κ1) is 36.4. The van der Waals surface area contributed by atoms with Crippen LogP contribution in [0.4, 0.5) is 0 Å². The first-order valence-electron chi connectivity index (χ1n) is 1.46. The quantitative estimate of drug-likeness (QED) is 0.364. The standard InChI is InChI=1S/Mg.4Na.H4O7P2.2H/c;;;;;1-8(2,3)7-9(4,5)6;;/h;;;;;(H2,1,2,3)(H2,4,5,6);;/q+2;4*+1;;2*-1/p-4. The fourth-order valence-corrected chi connectivity index (χ4v) is 1.10. The molecule has 7 nitrogen and oxygen atoms in total. The Morgan fingerprint density at radius 1 is 0.786 bits per heavy atom. The first-order chi connectivity index (χ1) is 3.71. The van der Waals surface area contributed by atoms with Crippen molar-refractivity contribution in [2.75, 3.05) is 0 Å². The molecule has 0 saturated heterocycles. The molecule has 14 heteroatoms. The summed E-state index contributed by atoms with van der Waals surface area (Å²) < 4.78 is 21.2. The van der Waals surface area contributed by atoms with E-state index < -0.39 is 15.6 Å². The van der Waals surface area contributed by atoms with E-state index >= 15 is 0 Å². The van der Waals surface area contributed by atoms with Gasteiger partial charge in [-0.3, -0.25) is 0 Å². The van der Waals surface area contributed by atoms with Gasteiger partial charge >= 0.3 is 141 Å². The predicted molar refractivity (Wildman–Crippen MR) is 24.3 cm³/mol. The summed E-state index contributed by atoms with van der Waals surface area (Å²) in [5.74, 6) is 0. The predicted octanol–water partition coefficient (Wildman–Crippen LogP) is -15.5. The minimum atomic E-state index is -5.68. The Morgan fingerprint density at radius 3 is 0.929 bits per heavy atom. The maximum atomic E-state index is 9.32. The van der Waals surface area contributed by atoms with Gasteiger partial charge in [-0.2, -0.15) is 0 Å². The van der Waals surface area contributed by atoms with Crippen LogP contribution >= 0.6 is 15.6 Å². The molecule has 0 amide bonds. The maximum absolute atomic E-state index is 9.32. The molecule has 0 radical (unpaired) electrons. The second-order valence-corrected chi connectivity index (χ2v) is 3.42. The third kappa shape index (κ3) is 36.0. The van der Waals surface area contributed by atoms with Gasteiger partial charge in [-0.1, -0.05) is 0 Å². The average Bonchev–Trinajstić information content (AvgIpc) is 1.14. The molecule has 0 unspecified atom stereocenters. The zero-order valence-electron chi connectivity index (χ0n) is 10.5. The van der Waals surface area contributed by atoms with Gasteiger partial charge in [-0.25, -0.2) is 0 Å². The minimum absolute atomic E-state index is 0. The van der Waals surface area contributed by atoms with Crippen LogP contribution in [-0.2, 0) is 13.4 Å². The normalized spacial score (nSPS) is 8.86. The van der Waals surface area contributed by atoms with Crippen LogP contribution in [0.1, 0.15) is 2.85 Å². The van der Waals surface area contributed by atoms with Gasteiger partial charge in [0, 0.05) is 0 Å². The average molecular weight is 292 g/mol. The summed E-state index contributed by atoms with van der Waals surface area (Å²) in [6.07, 6.45) is 0. The van der Waals surface area contributed by atoms with E-state index in [0.29, 0.717) is 0 Å². The number of hydrogen-bond donors (Lipinski definition) is 0. The molecular formula is H2MgNa4O7P2. The summed E-state index contributed by atoms with van der Waals surface area (Å²) in [6.45, 7) is 0. The monoisotopic (exact) mass is 292 g/mol. The molecule has 0 aromatic rings. The van der Waals surface area contributed by atoms with Crippen LogP contribution in [-0.4, -0.2) is 23.1 Å². The van der Waals surface area contributed by atoms with Crippen LogP contribution < -0.4 is 138 Å². The van der Waals surface area contributed by atoms with Crippen molar-refractivity contribution in [3.8, 4) is 0 Å². The summed E-state index contributed by atoms with van der Waals surface area (Å²) in [5.41, 5.74) is 0. The zero-order chi connectivity index (χ0) is 7.71. The molecule has 0 aromatic heterocycles. The van der Waals surface area contributed by atoms with Gasteiger partial charge in [0.15, 0.2) is 0 Å². The van der Waals surface area contributed by atoms with Gasteiger partial charge in [-0.05, 0) is 0 Å². The van der Waals surface area contributed by atoms with E-state index in [-0.39, 0.29) is 144 Å². The minimum Gasteiger partial charge on any atom is -1.00 e. The van der Waals surface area contributed by atoms with Gasteiger partial charge < -0.3 is 35.9 Å². The van der Waals surface area contributed by atoms with Crippen LogP contribution in [0.3, 0.4) is 0 Å². The SMILES string of the molecule is O=P([O-])([O-])OP(=O)([O-])[O-].[H-].[H-].[Mg+2].[Na+].[Na+].[Na+].[Na+]. The van der Waals surface area contributed by atoms with E-state index in [1.807, 2.05) is 0 Å². The van der Waals surface area contributed by atoms with Crippen molar-refractivity contribution < 1.29 is 154 Å². The molecule has 0 aliphatic rings. The van der Waals surface area contributed by atoms with Gasteiger partial charge in [-0.15, -0.1) is 0 Å². The van der Waals surface area contributed by atoms with Crippen LogP contribution in [0, 0.1) is 0 Å². The van der Waals surface area contributed by atoms with Crippen molar-refractivity contribution in [2.45, 2.75) is 0 Å². The molecule has 0 fully saturated rings. The molecular weight excluding hydrogens is 290 g/mol. The molecule has 0 aliphatic carbocycles. The molecule has 0 spiro atoms. The van der Waals surface area contributed by atoms with E-state index in [1.165, 1.54) is 0 Å². The fourth-order valence-electron chi connectivity index (χ4n) is 0.122.